The third kappa shape index (κ3) is 2.76. The molecule has 0 aliphatic rings. The van der Waals surface area contributed by atoms with Crippen LogP contribution in [0, 0.1) is 10.1 Å². The lowest BCUT2D eigenvalue weighted by atomic mass is 9.91. The minimum Gasteiger partial charge on any atom is -0.361 e. The Morgan fingerprint density at radius 2 is 1.95 bits per heavy atom. The monoisotopic (exact) mass is 300 g/mol. The number of hydrogen-bond donors (Lipinski definition) is 1. The van der Waals surface area contributed by atoms with Gasteiger partial charge in [0.1, 0.15) is 0 Å². The highest BCUT2D eigenvalue weighted by Gasteiger charge is 2.23. The number of halogens is 1. The van der Waals surface area contributed by atoms with E-state index in [9.17, 15) is 10.1 Å². The third-order valence-corrected chi connectivity index (χ3v) is 3.82. The minimum atomic E-state index is -0.281. The van der Waals surface area contributed by atoms with Crippen molar-refractivity contribution in [2.75, 3.05) is 6.54 Å². The van der Waals surface area contributed by atoms with Crippen molar-refractivity contribution in [3.63, 3.8) is 0 Å². The summed E-state index contributed by atoms with van der Waals surface area (Å²) in [7, 11) is 0. The number of hydrogen-bond acceptors (Lipinski definition) is 2. The molecule has 0 spiro atoms. The average Bonchev–Trinajstić information content (AvgIpc) is 2.88. The van der Waals surface area contributed by atoms with E-state index in [4.69, 9.17) is 11.6 Å². The van der Waals surface area contributed by atoms with Crippen LogP contribution in [0.4, 0.5) is 0 Å². The Morgan fingerprint density at radius 3 is 2.67 bits per heavy atom. The summed E-state index contributed by atoms with van der Waals surface area (Å²) in [6, 6.07) is 15.1. The topological polar surface area (TPSA) is 58.9 Å². The molecule has 0 aliphatic heterocycles. The minimum absolute atomic E-state index is 0.139. The maximum atomic E-state index is 11.0. The lowest BCUT2D eigenvalue weighted by Gasteiger charge is -2.12. The molecule has 0 bridgehead atoms. The molecule has 1 heterocycles. The van der Waals surface area contributed by atoms with Gasteiger partial charge in [-0.15, -0.1) is 0 Å². The van der Waals surface area contributed by atoms with E-state index in [0.717, 1.165) is 22.0 Å². The molecule has 4 nitrogen and oxygen atoms in total. The fourth-order valence-corrected chi connectivity index (χ4v) is 2.80. The van der Waals surface area contributed by atoms with Gasteiger partial charge < -0.3 is 4.98 Å². The van der Waals surface area contributed by atoms with Crippen molar-refractivity contribution >= 4 is 22.5 Å². The van der Waals surface area contributed by atoms with Gasteiger partial charge in [-0.05, 0) is 23.3 Å². The lowest BCUT2D eigenvalue weighted by molar-refractivity contribution is -0.481. The van der Waals surface area contributed by atoms with Crippen molar-refractivity contribution in [1.29, 1.82) is 0 Å². The van der Waals surface area contributed by atoms with Crippen molar-refractivity contribution in [3.8, 4) is 0 Å². The Bertz CT molecular complexity index is 783. The molecule has 21 heavy (non-hydrogen) atoms. The molecule has 3 rings (SSSR count). The van der Waals surface area contributed by atoms with Gasteiger partial charge >= 0.3 is 0 Å². The van der Waals surface area contributed by atoms with Gasteiger partial charge in [0.25, 0.3) is 0 Å². The van der Waals surface area contributed by atoms with E-state index in [1.54, 1.807) is 6.07 Å². The summed E-state index contributed by atoms with van der Waals surface area (Å²) >= 11 is 5.98. The summed E-state index contributed by atoms with van der Waals surface area (Å²) in [6.07, 6.45) is 1.84. The molecule has 1 N–H and O–H groups in total. The normalized spacial score (nSPS) is 12.4. The maximum Gasteiger partial charge on any atom is 0.214 e. The molecular weight excluding hydrogens is 288 g/mol. The number of nitrogens with zero attached hydrogens (tertiary/aromatic N) is 1. The molecule has 3 aromatic rings. The molecule has 1 unspecified atom stereocenters. The van der Waals surface area contributed by atoms with Gasteiger partial charge in [0.15, 0.2) is 0 Å². The van der Waals surface area contributed by atoms with E-state index in [0.29, 0.717) is 5.02 Å². The molecule has 0 aliphatic carbocycles. The fraction of sp³-hybridized carbons (Fsp3) is 0.125. The first kappa shape index (κ1) is 13.6. The summed E-state index contributed by atoms with van der Waals surface area (Å²) in [5.74, 6) is -0.281. The summed E-state index contributed by atoms with van der Waals surface area (Å²) in [5.41, 5.74) is 2.75. The number of aromatic nitrogens is 1. The van der Waals surface area contributed by atoms with Crippen LogP contribution in [0.25, 0.3) is 10.9 Å². The first-order valence-corrected chi connectivity index (χ1v) is 6.96. The second kappa shape index (κ2) is 5.58. The van der Waals surface area contributed by atoms with Crippen LogP contribution in [0.3, 0.4) is 0 Å². The zero-order valence-corrected chi connectivity index (χ0v) is 11.9. The Labute approximate surface area is 126 Å². The van der Waals surface area contributed by atoms with Crippen LogP contribution in [0.1, 0.15) is 17.0 Å². The third-order valence-electron chi connectivity index (χ3n) is 3.58. The summed E-state index contributed by atoms with van der Waals surface area (Å²) in [4.78, 5) is 13.9. The Hall–Kier alpha value is -2.33. The number of rotatable bonds is 4. The zero-order chi connectivity index (χ0) is 14.8. The van der Waals surface area contributed by atoms with E-state index in [1.807, 2.05) is 48.7 Å². The van der Waals surface area contributed by atoms with Crippen molar-refractivity contribution in [2.45, 2.75) is 5.92 Å². The summed E-state index contributed by atoms with van der Waals surface area (Å²) < 4.78 is 0. The van der Waals surface area contributed by atoms with E-state index in [2.05, 4.69) is 4.98 Å². The molecule has 1 aromatic heterocycles. The molecule has 5 heteroatoms. The van der Waals surface area contributed by atoms with E-state index in [1.165, 1.54) is 0 Å². The predicted molar refractivity (Wildman–Crippen MR) is 83.5 cm³/mol. The molecule has 0 saturated heterocycles. The van der Waals surface area contributed by atoms with Gasteiger partial charge in [0, 0.05) is 27.0 Å². The van der Waals surface area contributed by atoms with Gasteiger partial charge in [0.2, 0.25) is 6.54 Å². The highest BCUT2D eigenvalue weighted by molar-refractivity contribution is 6.31. The van der Waals surface area contributed by atoms with Crippen molar-refractivity contribution in [2.24, 2.45) is 0 Å². The number of H-pyrrole nitrogens is 1. The van der Waals surface area contributed by atoms with Crippen molar-refractivity contribution in [1.82, 2.24) is 4.98 Å². The number of nitrogens with one attached hydrogen (secondary N) is 1. The molecule has 0 fully saturated rings. The first-order chi connectivity index (χ1) is 10.1. The van der Waals surface area contributed by atoms with Gasteiger partial charge in [-0.3, -0.25) is 10.1 Å². The first-order valence-electron chi connectivity index (χ1n) is 6.58. The Morgan fingerprint density at radius 1 is 1.19 bits per heavy atom. The predicted octanol–water partition coefficient (Wildman–Crippen LogP) is 4.23. The largest absolute Gasteiger partial charge is 0.361 e. The van der Waals surface area contributed by atoms with Crippen molar-refractivity contribution in [3.05, 3.63) is 81.0 Å². The standard InChI is InChI=1S/C16H13ClN2O2/c17-12-6-7-13-14(9-18-16(13)8-12)15(10-19(20)21)11-4-2-1-3-5-11/h1-9,15,18H,10H2. The van der Waals surface area contributed by atoms with E-state index < -0.39 is 0 Å². The summed E-state index contributed by atoms with van der Waals surface area (Å²) in [6.45, 7) is -0.139. The Kier molecular flexibility index (Phi) is 3.62. The summed E-state index contributed by atoms with van der Waals surface area (Å²) in [5, 5.41) is 12.7. The van der Waals surface area contributed by atoms with Crippen LogP contribution in [0.2, 0.25) is 5.02 Å². The molecule has 0 saturated carbocycles. The molecular formula is C16H13ClN2O2. The Balaban J connectivity index is 2.12. The van der Waals surface area contributed by atoms with Crippen LogP contribution in [0.5, 0.6) is 0 Å². The lowest BCUT2D eigenvalue weighted by Crippen LogP contribution is -2.13. The number of aromatic amines is 1. The maximum absolute atomic E-state index is 11.0. The van der Waals surface area contributed by atoms with E-state index >= 15 is 0 Å². The second-order valence-electron chi connectivity index (χ2n) is 4.91. The highest BCUT2D eigenvalue weighted by atomic mass is 35.5. The fourth-order valence-electron chi connectivity index (χ4n) is 2.63. The SMILES string of the molecule is O=[N+]([O-])CC(c1ccccc1)c1c[nH]c2cc(Cl)ccc12. The van der Waals surface area contributed by atoms with Gasteiger partial charge in [-0.25, -0.2) is 0 Å². The van der Waals surface area contributed by atoms with Crippen LogP contribution < -0.4 is 0 Å². The van der Waals surface area contributed by atoms with Crippen molar-refractivity contribution < 1.29 is 4.92 Å². The molecule has 1 atom stereocenters. The smallest absolute Gasteiger partial charge is 0.214 e. The number of fused-ring (bicyclic) bond motifs is 1. The second-order valence-corrected chi connectivity index (χ2v) is 5.35. The zero-order valence-electron chi connectivity index (χ0n) is 11.1. The number of nitro groups is 1. The molecule has 106 valence electrons. The van der Waals surface area contributed by atoms with Gasteiger partial charge in [-0.2, -0.15) is 0 Å². The highest BCUT2D eigenvalue weighted by Crippen LogP contribution is 2.32. The van der Waals surface area contributed by atoms with Gasteiger partial charge in [-0.1, -0.05) is 48.0 Å². The van der Waals surface area contributed by atoms with Crippen LogP contribution in [-0.2, 0) is 0 Å². The van der Waals surface area contributed by atoms with Crippen LogP contribution in [0.15, 0.2) is 54.7 Å². The van der Waals surface area contributed by atoms with Gasteiger partial charge in [0.05, 0.1) is 5.92 Å². The average molecular weight is 301 g/mol. The van der Waals surface area contributed by atoms with E-state index in [-0.39, 0.29) is 17.4 Å². The molecule has 0 radical (unpaired) electrons. The van der Waals surface area contributed by atoms with Crippen LogP contribution in [-0.4, -0.2) is 16.5 Å². The number of benzene rings is 2. The quantitative estimate of drug-likeness (QED) is 0.579. The van der Waals surface area contributed by atoms with Crippen LogP contribution >= 0.6 is 11.6 Å². The molecule has 0 amide bonds. The molecule has 2 aromatic carbocycles.